The van der Waals surface area contributed by atoms with E-state index < -0.39 is 11.7 Å². The molecular weight excluding hydrogens is 333 g/mol. The second kappa shape index (κ2) is 8.55. The van der Waals surface area contributed by atoms with E-state index in [0.29, 0.717) is 12.1 Å². The molecule has 0 unspecified atom stereocenters. The summed E-state index contributed by atoms with van der Waals surface area (Å²) in [5.74, 6) is 0. The van der Waals surface area contributed by atoms with Crippen molar-refractivity contribution < 1.29 is 18.0 Å². The van der Waals surface area contributed by atoms with Crippen LogP contribution in [-0.4, -0.2) is 34.1 Å². The van der Waals surface area contributed by atoms with E-state index in [-0.39, 0.29) is 12.6 Å². The highest BCUT2D eigenvalue weighted by molar-refractivity contribution is 5.73. The molecule has 25 heavy (non-hydrogen) atoms. The van der Waals surface area contributed by atoms with E-state index in [1.165, 1.54) is 17.0 Å². The minimum absolute atomic E-state index is 0.248. The van der Waals surface area contributed by atoms with Gasteiger partial charge in [0.15, 0.2) is 0 Å². The largest absolute Gasteiger partial charge is 0.416 e. The number of alkyl halides is 3. The predicted octanol–water partition coefficient (Wildman–Crippen LogP) is 3.52. The Balaban J connectivity index is 1.69. The van der Waals surface area contributed by atoms with Gasteiger partial charge in [0.1, 0.15) is 0 Å². The molecule has 1 N–H and O–H groups in total. The van der Waals surface area contributed by atoms with E-state index in [4.69, 9.17) is 0 Å². The summed E-state index contributed by atoms with van der Waals surface area (Å²) >= 11 is 0. The summed E-state index contributed by atoms with van der Waals surface area (Å²) in [6.45, 7) is 1.64. The molecule has 2 aromatic rings. The van der Waals surface area contributed by atoms with Crippen LogP contribution in [0.1, 0.15) is 24.0 Å². The molecule has 1 heterocycles. The zero-order chi connectivity index (χ0) is 18.3. The lowest BCUT2D eigenvalue weighted by Crippen LogP contribution is -2.37. The second-order valence-electron chi connectivity index (χ2n) is 5.79. The third-order valence-corrected chi connectivity index (χ3v) is 3.73. The lowest BCUT2D eigenvalue weighted by molar-refractivity contribution is -0.137. The minimum atomic E-state index is -4.35. The maximum absolute atomic E-state index is 12.5. The summed E-state index contributed by atoms with van der Waals surface area (Å²) in [5, 5.41) is 2.80. The highest BCUT2D eigenvalue weighted by Gasteiger charge is 2.29. The van der Waals surface area contributed by atoms with Crippen LogP contribution in [0.3, 0.4) is 0 Å². The van der Waals surface area contributed by atoms with Gasteiger partial charge in [-0.3, -0.25) is 0 Å². The van der Waals surface area contributed by atoms with E-state index >= 15 is 0 Å². The lowest BCUT2D eigenvalue weighted by Gasteiger charge is -2.18. The number of benzene rings is 1. The molecule has 0 aliphatic carbocycles. The molecule has 136 valence electrons. The van der Waals surface area contributed by atoms with Crippen LogP contribution in [0, 0.1) is 0 Å². The molecular formula is C17H21F3N4O. The first-order chi connectivity index (χ1) is 11.9. The van der Waals surface area contributed by atoms with Gasteiger partial charge in [-0.15, -0.1) is 0 Å². The molecule has 0 aliphatic rings. The fourth-order valence-corrected chi connectivity index (χ4v) is 2.31. The van der Waals surface area contributed by atoms with Crippen LogP contribution in [0.2, 0.25) is 0 Å². The molecule has 2 rings (SSSR count). The number of rotatable bonds is 7. The number of aryl methyl sites for hydroxylation is 1. The normalized spacial score (nSPS) is 11.4. The SMILES string of the molecule is CN(Cc1ccc(C(F)(F)F)cc1)C(=O)NCCCCn1ccnc1. The molecule has 0 saturated carbocycles. The Morgan fingerprint density at radius 3 is 2.56 bits per heavy atom. The molecule has 2 amide bonds. The van der Waals surface area contributed by atoms with Crippen LogP contribution >= 0.6 is 0 Å². The van der Waals surface area contributed by atoms with Crippen molar-refractivity contribution in [1.29, 1.82) is 0 Å². The number of nitrogens with one attached hydrogen (secondary N) is 1. The predicted molar refractivity (Wildman–Crippen MR) is 87.8 cm³/mol. The second-order valence-corrected chi connectivity index (χ2v) is 5.79. The molecule has 0 spiro atoms. The van der Waals surface area contributed by atoms with Crippen molar-refractivity contribution in [1.82, 2.24) is 19.8 Å². The van der Waals surface area contributed by atoms with Crippen LogP contribution in [-0.2, 0) is 19.3 Å². The Bertz CT molecular complexity index is 654. The van der Waals surface area contributed by atoms with Crippen LogP contribution in [0.4, 0.5) is 18.0 Å². The summed E-state index contributed by atoms with van der Waals surface area (Å²) in [6.07, 6.45) is 2.75. The minimum Gasteiger partial charge on any atom is -0.338 e. The summed E-state index contributed by atoms with van der Waals surface area (Å²) < 4.78 is 39.5. The number of aromatic nitrogens is 2. The number of amides is 2. The van der Waals surface area contributed by atoms with E-state index in [2.05, 4.69) is 10.3 Å². The van der Waals surface area contributed by atoms with Crippen molar-refractivity contribution in [3.8, 4) is 0 Å². The maximum Gasteiger partial charge on any atom is 0.416 e. The number of imidazole rings is 1. The van der Waals surface area contributed by atoms with Gasteiger partial charge in [0.05, 0.1) is 11.9 Å². The van der Waals surface area contributed by atoms with Crippen molar-refractivity contribution >= 4 is 6.03 Å². The first-order valence-corrected chi connectivity index (χ1v) is 7.97. The van der Waals surface area contributed by atoms with Gasteiger partial charge in [-0.25, -0.2) is 9.78 Å². The number of hydrogen-bond acceptors (Lipinski definition) is 2. The number of halogens is 3. The average Bonchev–Trinajstić information content (AvgIpc) is 3.07. The van der Waals surface area contributed by atoms with Gasteiger partial charge in [0.2, 0.25) is 0 Å². The van der Waals surface area contributed by atoms with Gasteiger partial charge in [0, 0.05) is 39.1 Å². The van der Waals surface area contributed by atoms with Crippen molar-refractivity contribution in [3.63, 3.8) is 0 Å². The Hall–Kier alpha value is -2.51. The number of hydrogen-bond donors (Lipinski definition) is 1. The van der Waals surface area contributed by atoms with Crippen molar-refractivity contribution in [2.75, 3.05) is 13.6 Å². The number of urea groups is 1. The molecule has 0 fully saturated rings. The van der Waals surface area contributed by atoms with Crippen LogP contribution < -0.4 is 5.32 Å². The fourth-order valence-electron chi connectivity index (χ4n) is 2.31. The van der Waals surface area contributed by atoms with Gasteiger partial charge in [-0.1, -0.05) is 12.1 Å². The topological polar surface area (TPSA) is 50.2 Å². The molecule has 5 nitrogen and oxygen atoms in total. The molecule has 8 heteroatoms. The zero-order valence-corrected chi connectivity index (χ0v) is 14.0. The number of carbonyl (C=O) groups excluding carboxylic acids is 1. The Morgan fingerprint density at radius 2 is 1.96 bits per heavy atom. The standard InChI is InChI=1S/C17H21F3N4O/c1-23(12-14-4-6-15(7-5-14)17(18,19)20)16(25)22-8-2-3-10-24-11-9-21-13-24/h4-7,9,11,13H,2-3,8,10,12H2,1H3,(H,22,25). The lowest BCUT2D eigenvalue weighted by atomic mass is 10.1. The number of nitrogens with zero attached hydrogens (tertiary/aromatic N) is 3. The third-order valence-electron chi connectivity index (χ3n) is 3.73. The third kappa shape index (κ3) is 6.13. The van der Waals surface area contributed by atoms with Gasteiger partial charge in [-0.2, -0.15) is 13.2 Å². The van der Waals surface area contributed by atoms with Gasteiger partial charge in [-0.05, 0) is 30.5 Å². The molecule has 1 aromatic heterocycles. The maximum atomic E-state index is 12.5. The van der Waals surface area contributed by atoms with E-state index in [1.54, 1.807) is 19.6 Å². The smallest absolute Gasteiger partial charge is 0.338 e. The molecule has 0 aliphatic heterocycles. The highest BCUT2D eigenvalue weighted by atomic mass is 19.4. The average molecular weight is 354 g/mol. The van der Waals surface area contributed by atoms with E-state index in [9.17, 15) is 18.0 Å². The van der Waals surface area contributed by atoms with Gasteiger partial charge >= 0.3 is 12.2 Å². The molecule has 0 bridgehead atoms. The van der Waals surface area contributed by atoms with E-state index in [1.807, 2.05) is 10.8 Å². The Kier molecular flexibility index (Phi) is 6.44. The zero-order valence-electron chi connectivity index (χ0n) is 14.0. The fraction of sp³-hybridized carbons (Fsp3) is 0.412. The van der Waals surface area contributed by atoms with Crippen molar-refractivity contribution in [3.05, 3.63) is 54.1 Å². The summed E-state index contributed by atoms with van der Waals surface area (Å²) in [5.41, 5.74) is -0.0491. The monoisotopic (exact) mass is 354 g/mol. The summed E-state index contributed by atoms with van der Waals surface area (Å²) in [6, 6.07) is 4.58. The quantitative estimate of drug-likeness (QED) is 0.774. The van der Waals surface area contributed by atoms with Gasteiger partial charge < -0.3 is 14.8 Å². The summed E-state index contributed by atoms with van der Waals surface area (Å²) in [4.78, 5) is 17.4. The molecule has 1 aromatic carbocycles. The number of unbranched alkanes of at least 4 members (excludes halogenated alkanes) is 1. The van der Waals surface area contributed by atoms with Crippen LogP contribution in [0.25, 0.3) is 0 Å². The van der Waals surface area contributed by atoms with Crippen LogP contribution in [0.15, 0.2) is 43.0 Å². The molecule has 0 radical (unpaired) electrons. The molecule has 0 atom stereocenters. The van der Waals surface area contributed by atoms with Crippen LogP contribution in [0.5, 0.6) is 0 Å². The first-order valence-electron chi connectivity index (χ1n) is 7.97. The summed E-state index contributed by atoms with van der Waals surface area (Å²) in [7, 11) is 1.61. The van der Waals surface area contributed by atoms with Crippen molar-refractivity contribution in [2.24, 2.45) is 0 Å². The Labute approximate surface area is 144 Å². The first kappa shape index (κ1) is 18.8. The number of carbonyl (C=O) groups is 1. The van der Waals surface area contributed by atoms with Crippen molar-refractivity contribution in [2.45, 2.75) is 32.1 Å². The van der Waals surface area contributed by atoms with E-state index in [0.717, 1.165) is 31.5 Å². The molecule has 0 saturated heterocycles. The highest BCUT2D eigenvalue weighted by Crippen LogP contribution is 2.29. The Morgan fingerprint density at radius 1 is 1.24 bits per heavy atom. The van der Waals surface area contributed by atoms with Gasteiger partial charge in [0.25, 0.3) is 0 Å².